The lowest BCUT2D eigenvalue weighted by molar-refractivity contribution is -0.139. The van der Waals surface area contributed by atoms with Gasteiger partial charge in [0.25, 0.3) is 0 Å². The van der Waals surface area contributed by atoms with Crippen LogP contribution in [0, 0.1) is 0 Å². The number of ether oxygens (including phenoxy) is 1. The molecule has 0 radical (unpaired) electrons. The second kappa shape index (κ2) is 6.84. The van der Waals surface area contributed by atoms with Crippen molar-refractivity contribution in [3.8, 4) is 11.4 Å². The van der Waals surface area contributed by atoms with Crippen molar-refractivity contribution in [2.75, 3.05) is 0 Å². The Bertz CT molecular complexity index is 827. The number of esters is 1. The molecule has 0 fully saturated rings. The number of rotatable bonds is 5. The summed E-state index contributed by atoms with van der Waals surface area (Å²) in [6.45, 7) is 0.0221. The molecule has 3 rings (SSSR count). The predicted octanol–water partition coefficient (Wildman–Crippen LogP) is 1.93. The summed E-state index contributed by atoms with van der Waals surface area (Å²) in [5, 5.41) is 12.1. The zero-order valence-electron chi connectivity index (χ0n) is 11.8. The molecule has 2 heterocycles. The van der Waals surface area contributed by atoms with E-state index in [2.05, 4.69) is 25.3 Å². The van der Waals surface area contributed by atoms with E-state index in [1.54, 1.807) is 12.1 Å². The smallest absolute Gasteiger partial charge is 0.332 e. The lowest BCUT2D eigenvalue weighted by atomic mass is 10.2. The van der Waals surface area contributed by atoms with Gasteiger partial charge in [0, 0.05) is 22.9 Å². The third kappa shape index (κ3) is 4.01. The summed E-state index contributed by atoms with van der Waals surface area (Å²) in [4.78, 5) is 18.5. The third-order valence-corrected chi connectivity index (χ3v) is 3.01. The first-order valence-corrected chi connectivity index (χ1v) is 6.95. The Kier molecular flexibility index (Phi) is 4.44. The van der Waals surface area contributed by atoms with Gasteiger partial charge in [-0.2, -0.15) is 0 Å². The summed E-state index contributed by atoms with van der Waals surface area (Å²) in [5.74, 6) is 0.448. The van der Waals surface area contributed by atoms with Crippen LogP contribution < -0.4 is 0 Å². The Balaban J connectivity index is 1.61. The molecule has 0 aliphatic carbocycles. The highest BCUT2D eigenvalue weighted by atomic mass is 35.5. The highest BCUT2D eigenvalue weighted by Gasteiger charge is 2.04. The fourth-order valence-electron chi connectivity index (χ4n) is 1.73. The highest BCUT2D eigenvalue weighted by Crippen LogP contribution is 2.18. The number of carbonyl (C=O) groups is 1. The average Bonchev–Trinajstić information content (AvgIpc) is 3.22. The second-order valence-electron chi connectivity index (χ2n) is 4.42. The SMILES string of the molecule is O=C(/C=C/n1cnc(-c2cccc(Cl)c2)n1)OCc1nnc[nH]1. The Morgan fingerprint density at radius 1 is 1.43 bits per heavy atom. The number of hydrogen-bond acceptors (Lipinski definition) is 6. The lowest BCUT2D eigenvalue weighted by Gasteiger charge is -1.97. The van der Waals surface area contributed by atoms with Crippen molar-refractivity contribution in [2.24, 2.45) is 0 Å². The summed E-state index contributed by atoms with van der Waals surface area (Å²) >= 11 is 5.93. The van der Waals surface area contributed by atoms with Gasteiger partial charge in [-0.3, -0.25) is 0 Å². The average molecular weight is 331 g/mol. The molecule has 3 aromatic rings. The summed E-state index contributed by atoms with van der Waals surface area (Å²) in [7, 11) is 0. The standard InChI is InChI=1S/C14H11ClN6O2/c15-11-3-1-2-10(6-11)14-17-9-21(20-14)5-4-13(22)23-7-12-16-8-18-19-12/h1-6,8-9H,7H2,(H,16,18,19)/b5-4+. The molecule has 0 amide bonds. The van der Waals surface area contributed by atoms with E-state index in [1.165, 1.54) is 29.6 Å². The van der Waals surface area contributed by atoms with Crippen LogP contribution >= 0.6 is 11.6 Å². The fraction of sp³-hybridized carbons (Fsp3) is 0.0714. The number of hydrogen-bond donors (Lipinski definition) is 1. The van der Waals surface area contributed by atoms with Gasteiger partial charge in [0.15, 0.2) is 18.3 Å². The van der Waals surface area contributed by atoms with E-state index in [1.807, 2.05) is 12.1 Å². The van der Waals surface area contributed by atoms with Gasteiger partial charge in [0.2, 0.25) is 0 Å². The van der Waals surface area contributed by atoms with Crippen molar-refractivity contribution in [1.82, 2.24) is 29.9 Å². The van der Waals surface area contributed by atoms with E-state index < -0.39 is 5.97 Å². The van der Waals surface area contributed by atoms with Gasteiger partial charge < -0.3 is 9.72 Å². The molecule has 1 N–H and O–H groups in total. The second-order valence-corrected chi connectivity index (χ2v) is 4.85. The molecule has 0 bridgehead atoms. The van der Waals surface area contributed by atoms with Crippen LogP contribution in [0.15, 0.2) is 43.0 Å². The van der Waals surface area contributed by atoms with E-state index in [9.17, 15) is 4.79 Å². The van der Waals surface area contributed by atoms with Crippen LogP contribution in [0.3, 0.4) is 0 Å². The van der Waals surface area contributed by atoms with Crippen molar-refractivity contribution in [1.29, 1.82) is 0 Å². The minimum Gasteiger partial charge on any atom is -0.454 e. The largest absolute Gasteiger partial charge is 0.454 e. The number of aromatic nitrogens is 6. The van der Waals surface area contributed by atoms with Gasteiger partial charge >= 0.3 is 5.97 Å². The van der Waals surface area contributed by atoms with Crippen LogP contribution in [0.25, 0.3) is 17.6 Å². The lowest BCUT2D eigenvalue weighted by Crippen LogP contribution is -2.02. The number of halogens is 1. The quantitative estimate of drug-likeness (QED) is 0.567. The first-order chi connectivity index (χ1) is 11.2. The zero-order valence-corrected chi connectivity index (χ0v) is 12.5. The number of nitrogens with one attached hydrogen (secondary N) is 1. The van der Waals surface area contributed by atoms with E-state index in [-0.39, 0.29) is 6.61 Å². The van der Waals surface area contributed by atoms with Gasteiger partial charge in [-0.25, -0.2) is 14.5 Å². The van der Waals surface area contributed by atoms with Crippen LogP contribution in [0.4, 0.5) is 0 Å². The van der Waals surface area contributed by atoms with E-state index in [4.69, 9.17) is 16.3 Å². The minimum absolute atomic E-state index is 0.0221. The molecule has 0 saturated heterocycles. The molecule has 0 atom stereocenters. The molecule has 23 heavy (non-hydrogen) atoms. The van der Waals surface area contributed by atoms with Crippen molar-refractivity contribution in [2.45, 2.75) is 6.61 Å². The number of H-pyrrole nitrogens is 1. The fourth-order valence-corrected chi connectivity index (χ4v) is 1.92. The van der Waals surface area contributed by atoms with Crippen molar-refractivity contribution >= 4 is 23.8 Å². The maximum absolute atomic E-state index is 11.6. The Morgan fingerprint density at radius 3 is 3.13 bits per heavy atom. The normalized spacial score (nSPS) is 11.0. The third-order valence-electron chi connectivity index (χ3n) is 2.77. The number of aromatic amines is 1. The van der Waals surface area contributed by atoms with E-state index in [0.717, 1.165) is 5.56 Å². The molecular formula is C14H11ClN6O2. The van der Waals surface area contributed by atoms with Gasteiger partial charge in [0.05, 0.1) is 0 Å². The molecule has 9 heteroatoms. The van der Waals surface area contributed by atoms with E-state index >= 15 is 0 Å². The molecule has 8 nitrogen and oxygen atoms in total. The first kappa shape index (κ1) is 14.9. The van der Waals surface area contributed by atoms with E-state index in [0.29, 0.717) is 16.7 Å². The molecule has 2 aromatic heterocycles. The molecule has 1 aromatic carbocycles. The monoisotopic (exact) mass is 330 g/mol. The molecule has 0 spiro atoms. The zero-order chi connectivity index (χ0) is 16.1. The molecule has 0 aliphatic heterocycles. The molecular weight excluding hydrogens is 320 g/mol. The molecule has 0 saturated carbocycles. The maximum atomic E-state index is 11.6. The van der Waals surface area contributed by atoms with Crippen molar-refractivity contribution in [3.05, 3.63) is 53.8 Å². The number of carbonyl (C=O) groups excluding carboxylic acids is 1. The first-order valence-electron chi connectivity index (χ1n) is 6.58. The highest BCUT2D eigenvalue weighted by molar-refractivity contribution is 6.30. The Hall–Kier alpha value is -3.00. The minimum atomic E-state index is -0.527. The Morgan fingerprint density at radius 2 is 2.35 bits per heavy atom. The van der Waals surface area contributed by atoms with Crippen LogP contribution in [-0.4, -0.2) is 35.9 Å². The predicted molar refractivity (Wildman–Crippen MR) is 82.0 cm³/mol. The summed E-state index contributed by atoms with van der Waals surface area (Å²) in [6, 6.07) is 7.19. The number of benzene rings is 1. The molecule has 0 unspecified atom stereocenters. The van der Waals surface area contributed by atoms with Gasteiger partial charge in [-0.1, -0.05) is 23.7 Å². The van der Waals surface area contributed by atoms with Crippen LogP contribution in [0.2, 0.25) is 5.02 Å². The van der Waals surface area contributed by atoms with Gasteiger partial charge in [-0.15, -0.1) is 15.3 Å². The van der Waals surface area contributed by atoms with Gasteiger partial charge in [-0.05, 0) is 12.1 Å². The van der Waals surface area contributed by atoms with Crippen LogP contribution in [0.1, 0.15) is 5.82 Å². The van der Waals surface area contributed by atoms with Gasteiger partial charge in [0.1, 0.15) is 12.7 Å². The summed E-state index contributed by atoms with van der Waals surface area (Å²) in [5.41, 5.74) is 0.789. The number of nitrogens with zero attached hydrogens (tertiary/aromatic N) is 5. The summed E-state index contributed by atoms with van der Waals surface area (Å²) < 4.78 is 6.39. The van der Waals surface area contributed by atoms with Crippen LogP contribution in [-0.2, 0) is 16.1 Å². The maximum Gasteiger partial charge on any atom is 0.332 e. The Labute approximate surface area is 135 Å². The van der Waals surface area contributed by atoms with Crippen molar-refractivity contribution < 1.29 is 9.53 Å². The summed E-state index contributed by atoms with van der Waals surface area (Å²) in [6.07, 6.45) is 5.58. The molecule has 116 valence electrons. The molecule has 0 aliphatic rings. The topological polar surface area (TPSA) is 98.6 Å². The van der Waals surface area contributed by atoms with Crippen LogP contribution in [0.5, 0.6) is 0 Å². The van der Waals surface area contributed by atoms with Crippen molar-refractivity contribution in [3.63, 3.8) is 0 Å².